The summed E-state index contributed by atoms with van der Waals surface area (Å²) in [4.78, 5) is 25.7. The summed E-state index contributed by atoms with van der Waals surface area (Å²) in [6.07, 6.45) is 0. The van der Waals surface area contributed by atoms with Gasteiger partial charge in [-0.1, -0.05) is 36.7 Å². The van der Waals surface area contributed by atoms with E-state index >= 15 is 0 Å². The predicted octanol–water partition coefficient (Wildman–Crippen LogP) is 3.11. The molecule has 1 saturated heterocycles. The van der Waals surface area contributed by atoms with Gasteiger partial charge in [-0.25, -0.2) is 4.79 Å². The Morgan fingerprint density at radius 1 is 1.22 bits per heavy atom. The van der Waals surface area contributed by atoms with E-state index in [0.29, 0.717) is 11.8 Å². The molecular formula is C19H24ClN5O2. The van der Waals surface area contributed by atoms with Gasteiger partial charge in [0.2, 0.25) is 5.95 Å². The fraction of sp³-hybridized carbons (Fsp3) is 0.421. The molecule has 1 fully saturated rings. The van der Waals surface area contributed by atoms with Gasteiger partial charge in [-0.2, -0.15) is 9.97 Å². The van der Waals surface area contributed by atoms with Gasteiger partial charge in [-0.15, -0.1) is 0 Å². The minimum absolute atomic E-state index is 0.0841. The smallest absolute Gasteiger partial charge is 0.344 e. The van der Waals surface area contributed by atoms with Crippen molar-refractivity contribution in [2.45, 2.75) is 13.8 Å². The molecular weight excluding hydrogens is 366 g/mol. The number of hydrogen-bond donors (Lipinski definition) is 1. The summed E-state index contributed by atoms with van der Waals surface area (Å²) in [7, 11) is 1.31. The first-order valence-electron chi connectivity index (χ1n) is 8.99. The molecule has 1 N–H and O–H groups in total. The van der Waals surface area contributed by atoms with Crippen molar-refractivity contribution in [3.05, 3.63) is 40.5 Å². The third-order valence-electron chi connectivity index (χ3n) is 4.74. The van der Waals surface area contributed by atoms with Gasteiger partial charge in [0, 0.05) is 31.9 Å². The molecule has 0 atom stereocenters. The van der Waals surface area contributed by atoms with Crippen molar-refractivity contribution in [3.63, 3.8) is 0 Å². The van der Waals surface area contributed by atoms with Gasteiger partial charge in [-0.05, 0) is 25.1 Å². The number of aromatic nitrogens is 2. The van der Waals surface area contributed by atoms with Crippen LogP contribution in [-0.2, 0) is 4.74 Å². The van der Waals surface area contributed by atoms with Crippen LogP contribution in [0, 0.1) is 6.92 Å². The Morgan fingerprint density at radius 3 is 2.56 bits per heavy atom. The van der Waals surface area contributed by atoms with Crippen LogP contribution in [0.1, 0.15) is 22.8 Å². The zero-order chi connectivity index (χ0) is 19.4. The van der Waals surface area contributed by atoms with E-state index in [9.17, 15) is 4.79 Å². The zero-order valence-electron chi connectivity index (χ0n) is 15.8. The normalized spacial score (nSPS) is 14.9. The minimum Gasteiger partial charge on any atom is -0.465 e. The van der Waals surface area contributed by atoms with Crippen LogP contribution in [-0.4, -0.2) is 60.7 Å². The number of carbonyl (C=O) groups excluding carboxylic acids is 1. The molecule has 144 valence electrons. The van der Waals surface area contributed by atoms with Crippen LogP contribution in [0.2, 0.25) is 5.15 Å². The highest BCUT2D eigenvalue weighted by Gasteiger charge is 2.25. The van der Waals surface area contributed by atoms with E-state index in [2.05, 4.69) is 32.0 Å². The van der Waals surface area contributed by atoms with E-state index in [-0.39, 0.29) is 10.7 Å². The van der Waals surface area contributed by atoms with E-state index in [1.807, 2.05) is 31.2 Å². The monoisotopic (exact) mass is 389 g/mol. The SMILES string of the molecule is CCN1CCN(c2nc(Cl)c(C(=O)OC)c(Nc3ccccc3C)n2)CC1. The molecule has 0 spiro atoms. The first-order valence-corrected chi connectivity index (χ1v) is 9.37. The Bertz CT molecular complexity index is 822. The van der Waals surface area contributed by atoms with E-state index in [1.165, 1.54) is 7.11 Å². The second-order valence-electron chi connectivity index (χ2n) is 6.39. The number of piperazine rings is 1. The molecule has 2 heterocycles. The topological polar surface area (TPSA) is 70.6 Å². The summed E-state index contributed by atoms with van der Waals surface area (Å²) < 4.78 is 4.88. The number of likely N-dealkylation sites (N-methyl/N-ethyl adjacent to an activating group) is 1. The van der Waals surface area contributed by atoms with Gasteiger partial charge in [0.05, 0.1) is 7.11 Å². The number of halogens is 1. The van der Waals surface area contributed by atoms with E-state index in [0.717, 1.165) is 44.0 Å². The number of para-hydroxylation sites is 1. The molecule has 8 heteroatoms. The molecule has 0 bridgehead atoms. The maximum atomic E-state index is 12.3. The van der Waals surface area contributed by atoms with Crippen molar-refractivity contribution >= 4 is 35.0 Å². The van der Waals surface area contributed by atoms with Crippen LogP contribution in [0.15, 0.2) is 24.3 Å². The third kappa shape index (κ3) is 4.31. The van der Waals surface area contributed by atoms with Crippen molar-refractivity contribution in [1.82, 2.24) is 14.9 Å². The number of methoxy groups -OCH3 is 1. The van der Waals surface area contributed by atoms with Crippen LogP contribution in [0.5, 0.6) is 0 Å². The van der Waals surface area contributed by atoms with Gasteiger partial charge >= 0.3 is 5.97 Å². The first kappa shape index (κ1) is 19.4. The molecule has 3 rings (SSSR count). The average Bonchev–Trinajstić information content (AvgIpc) is 2.69. The molecule has 0 amide bonds. The number of ether oxygens (including phenoxy) is 1. The lowest BCUT2D eigenvalue weighted by molar-refractivity contribution is 0.0601. The Morgan fingerprint density at radius 2 is 1.93 bits per heavy atom. The van der Waals surface area contributed by atoms with Crippen molar-refractivity contribution in [2.24, 2.45) is 0 Å². The molecule has 0 aliphatic carbocycles. The van der Waals surface area contributed by atoms with Crippen LogP contribution in [0.3, 0.4) is 0 Å². The molecule has 0 unspecified atom stereocenters. The van der Waals surface area contributed by atoms with Crippen molar-refractivity contribution in [1.29, 1.82) is 0 Å². The molecule has 27 heavy (non-hydrogen) atoms. The largest absolute Gasteiger partial charge is 0.465 e. The second-order valence-corrected chi connectivity index (χ2v) is 6.75. The molecule has 1 aliphatic heterocycles. The highest BCUT2D eigenvalue weighted by molar-refractivity contribution is 6.33. The summed E-state index contributed by atoms with van der Waals surface area (Å²) in [6.45, 7) is 8.66. The zero-order valence-corrected chi connectivity index (χ0v) is 16.6. The Kier molecular flexibility index (Phi) is 6.13. The van der Waals surface area contributed by atoms with Gasteiger partial charge < -0.3 is 19.9 Å². The lowest BCUT2D eigenvalue weighted by atomic mass is 10.2. The molecule has 0 saturated carbocycles. The number of rotatable bonds is 5. The number of nitrogens with one attached hydrogen (secondary N) is 1. The molecule has 7 nitrogen and oxygen atoms in total. The quantitative estimate of drug-likeness (QED) is 0.622. The third-order valence-corrected chi connectivity index (χ3v) is 5.02. The van der Waals surface area contributed by atoms with E-state index in [1.54, 1.807) is 0 Å². The van der Waals surface area contributed by atoms with Crippen molar-refractivity contribution in [2.75, 3.05) is 50.1 Å². The maximum Gasteiger partial charge on any atom is 0.344 e. The number of nitrogens with zero attached hydrogens (tertiary/aromatic N) is 4. The standard InChI is InChI=1S/C19H24ClN5O2/c1-4-24-9-11-25(12-10-24)19-22-16(20)15(18(26)27-3)17(23-19)21-14-8-6-5-7-13(14)2/h5-8H,4,9-12H2,1-3H3,(H,21,22,23). The molecule has 2 aromatic rings. The second kappa shape index (κ2) is 8.54. The van der Waals surface area contributed by atoms with Crippen molar-refractivity contribution in [3.8, 4) is 0 Å². The first-order chi connectivity index (χ1) is 13.0. The number of esters is 1. The maximum absolute atomic E-state index is 12.3. The molecule has 1 aromatic heterocycles. The summed E-state index contributed by atoms with van der Waals surface area (Å²) >= 11 is 6.36. The summed E-state index contributed by atoms with van der Waals surface area (Å²) in [6, 6.07) is 7.77. The van der Waals surface area contributed by atoms with Gasteiger partial charge in [-0.3, -0.25) is 0 Å². The van der Waals surface area contributed by atoms with E-state index in [4.69, 9.17) is 16.3 Å². The van der Waals surface area contributed by atoms with Gasteiger partial charge in [0.1, 0.15) is 5.56 Å². The fourth-order valence-corrected chi connectivity index (χ4v) is 3.28. The minimum atomic E-state index is -0.571. The number of hydrogen-bond acceptors (Lipinski definition) is 7. The molecule has 1 aliphatic rings. The number of anilines is 3. The Labute approximate surface area is 164 Å². The Balaban J connectivity index is 1.97. The number of aryl methyl sites for hydroxylation is 1. The lowest BCUT2D eigenvalue weighted by Crippen LogP contribution is -2.46. The van der Waals surface area contributed by atoms with E-state index < -0.39 is 5.97 Å². The molecule has 1 aromatic carbocycles. The summed E-state index contributed by atoms with van der Waals surface area (Å²) in [5.41, 5.74) is 2.01. The van der Waals surface area contributed by atoms with Gasteiger partial charge in [0.15, 0.2) is 11.0 Å². The van der Waals surface area contributed by atoms with Gasteiger partial charge in [0.25, 0.3) is 0 Å². The van der Waals surface area contributed by atoms with Crippen LogP contribution in [0.4, 0.5) is 17.5 Å². The Hall–Kier alpha value is -2.38. The van der Waals surface area contributed by atoms with Crippen LogP contribution < -0.4 is 10.2 Å². The number of carbonyl (C=O) groups is 1. The molecule has 0 radical (unpaired) electrons. The number of benzene rings is 1. The lowest BCUT2D eigenvalue weighted by Gasteiger charge is -2.34. The predicted molar refractivity (Wildman–Crippen MR) is 107 cm³/mol. The van der Waals surface area contributed by atoms with Crippen LogP contribution >= 0.6 is 11.6 Å². The van der Waals surface area contributed by atoms with Crippen molar-refractivity contribution < 1.29 is 9.53 Å². The average molecular weight is 390 g/mol. The van der Waals surface area contributed by atoms with Crippen LogP contribution in [0.25, 0.3) is 0 Å². The fourth-order valence-electron chi connectivity index (χ4n) is 3.04. The summed E-state index contributed by atoms with van der Waals surface area (Å²) in [5.74, 6) is 0.294. The summed E-state index contributed by atoms with van der Waals surface area (Å²) in [5, 5.41) is 3.31. The highest BCUT2D eigenvalue weighted by atomic mass is 35.5. The highest BCUT2D eigenvalue weighted by Crippen LogP contribution is 2.29.